The molecule has 0 radical (unpaired) electrons. The Morgan fingerprint density at radius 2 is 2.21 bits per heavy atom. The quantitative estimate of drug-likeness (QED) is 0.712. The fourth-order valence-electron chi connectivity index (χ4n) is 3.44. The largest absolute Gasteiger partial charge is 0.497 e. The van der Waals surface area contributed by atoms with Crippen molar-refractivity contribution in [1.82, 2.24) is 20.0 Å². The van der Waals surface area contributed by atoms with E-state index in [2.05, 4.69) is 10.4 Å². The summed E-state index contributed by atoms with van der Waals surface area (Å²) in [5.41, 5.74) is 1.22. The van der Waals surface area contributed by atoms with Crippen molar-refractivity contribution in [3.63, 3.8) is 0 Å². The Morgan fingerprint density at radius 3 is 2.89 bits per heavy atom. The number of carbonyl (C=O) groups excluding carboxylic acids is 1. The molecule has 2 N–H and O–H groups in total. The maximum atomic E-state index is 13.0. The number of nitrogens with zero attached hydrogens (tertiary/aromatic N) is 3. The van der Waals surface area contributed by atoms with Crippen LogP contribution in [0, 0.1) is 0 Å². The Labute approximate surface area is 165 Å². The van der Waals surface area contributed by atoms with E-state index in [1.165, 1.54) is 0 Å². The van der Waals surface area contributed by atoms with E-state index in [-0.39, 0.29) is 25.1 Å². The number of aliphatic hydroxyl groups excluding tert-OH is 1. The third-order valence-corrected chi connectivity index (χ3v) is 4.99. The topological polar surface area (TPSA) is 88.9 Å². The van der Waals surface area contributed by atoms with E-state index in [0.717, 1.165) is 31.5 Å². The number of amides is 1. The van der Waals surface area contributed by atoms with Gasteiger partial charge in [-0.15, -0.1) is 0 Å². The highest BCUT2D eigenvalue weighted by molar-refractivity contribution is 5.92. The number of hydrogen-bond donors (Lipinski definition) is 2. The monoisotopic (exact) mass is 388 g/mol. The molecule has 0 bridgehead atoms. The normalized spacial score (nSPS) is 16.6. The number of piperidine rings is 1. The van der Waals surface area contributed by atoms with Gasteiger partial charge in [-0.1, -0.05) is 0 Å². The SMILES string of the molecule is COc1ccc(CN(CCO)C(=O)c2ccn(C3CCCNC3)n2)c(OC)c1. The summed E-state index contributed by atoms with van der Waals surface area (Å²) >= 11 is 0. The van der Waals surface area contributed by atoms with Gasteiger partial charge < -0.3 is 24.8 Å². The third kappa shape index (κ3) is 4.63. The fraction of sp³-hybridized carbons (Fsp3) is 0.500. The number of ether oxygens (including phenoxy) is 2. The fourth-order valence-corrected chi connectivity index (χ4v) is 3.44. The van der Waals surface area contributed by atoms with Gasteiger partial charge in [-0.2, -0.15) is 5.10 Å². The zero-order chi connectivity index (χ0) is 19.9. The maximum Gasteiger partial charge on any atom is 0.274 e. The summed E-state index contributed by atoms with van der Waals surface area (Å²) in [7, 11) is 3.17. The first kappa shape index (κ1) is 20.2. The van der Waals surface area contributed by atoms with Gasteiger partial charge in [-0.05, 0) is 37.6 Å². The Bertz CT molecular complexity index is 786. The predicted molar refractivity (Wildman–Crippen MR) is 105 cm³/mol. The number of hydrogen-bond acceptors (Lipinski definition) is 6. The molecular formula is C20H28N4O4. The van der Waals surface area contributed by atoms with Crippen LogP contribution in [0.2, 0.25) is 0 Å². The number of aliphatic hydroxyl groups is 1. The molecule has 3 rings (SSSR count). The second kappa shape index (κ2) is 9.57. The van der Waals surface area contributed by atoms with E-state index in [0.29, 0.717) is 23.7 Å². The van der Waals surface area contributed by atoms with Crippen molar-refractivity contribution >= 4 is 5.91 Å². The minimum absolute atomic E-state index is 0.128. The zero-order valence-corrected chi connectivity index (χ0v) is 16.4. The molecule has 1 unspecified atom stereocenters. The minimum atomic E-state index is -0.213. The van der Waals surface area contributed by atoms with Gasteiger partial charge in [-0.3, -0.25) is 9.48 Å². The molecule has 8 heteroatoms. The minimum Gasteiger partial charge on any atom is -0.497 e. The molecule has 1 atom stereocenters. The first-order valence-electron chi connectivity index (χ1n) is 9.53. The molecule has 1 saturated heterocycles. The summed E-state index contributed by atoms with van der Waals surface area (Å²) in [6.07, 6.45) is 4.00. The standard InChI is InChI=1S/C20H28N4O4/c1-27-17-6-5-15(19(12-17)28-2)14-23(10-11-25)20(26)18-7-9-24(22-18)16-4-3-8-21-13-16/h5-7,9,12,16,21,25H,3-4,8,10-11,13-14H2,1-2H3. The molecule has 1 aromatic carbocycles. The molecule has 2 aromatic rings. The van der Waals surface area contributed by atoms with Crippen LogP contribution in [-0.2, 0) is 6.54 Å². The van der Waals surface area contributed by atoms with E-state index in [1.54, 1.807) is 31.3 Å². The average molecular weight is 388 g/mol. The molecule has 1 aromatic heterocycles. The van der Waals surface area contributed by atoms with Gasteiger partial charge in [0.05, 0.1) is 26.9 Å². The zero-order valence-electron chi connectivity index (χ0n) is 16.4. The lowest BCUT2D eigenvalue weighted by Gasteiger charge is -2.24. The van der Waals surface area contributed by atoms with Crippen LogP contribution >= 0.6 is 0 Å². The summed E-state index contributed by atoms with van der Waals surface area (Å²) in [5, 5.41) is 17.3. The van der Waals surface area contributed by atoms with Gasteiger partial charge in [0.15, 0.2) is 0 Å². The molecule has 0 spiro atoms. The van der Waals surface area contributed by atoms with Crippen LogP contribution in [0.25, 0.3) is 0 Å². The molecule has 2 heterocycles. The van der Waals surface area contributed by atoms with Gasteiger partial charge >= 0.3 is 0 Å². The Balaban J connectivity index is 1.76. The van der Waals surface area contributed by atoms with Crippen LogP contribution in [0.3, 0.4) is 0 Å². The number of benzene rings is 1. The van der Waals surface area contributed by atoms with Crippen molar-refractivity contribution in [3.05, 3.63) is 41.7 Å². The Kier molecular flexibility index (Phi) is 6.89. The second-order valence-electron chi connectivity index (χ2n) is 6.81. The van der Waals surface area contributed by atoms with Crippen LogP contribution < -0.4 is 14.8 Å². The van der Waals surface area contributed by atoms with Crippen molar-refractivity contribution in [2.45, 2.75) is 25.4 Å². The van der Waals surface area contributed by atoms with Crippen LogP contribution in [0.5, 0.6) is 11.5 Å². The molecule has 1 aliphatic rings. The average Bonchev–Trinajstić information content (AvgIpc) is 3.24. The van der Waals surface area contributed by atoms with Gasteiger partial charge in [0.1, 0.15) is 17.2 Å². The van der Waals surface area contributed by atoms with Crippen molar-refractivity contribution in [3.8, 4) is 11.5 Å². The highest BCUT2D eigenvalue weighted by atomic mass is 16.5. The highest BCUT2D eigenvalue weighted by Crippen LogP contribution is 2.26. The summed E-state index contributed by atoms with van der Waals surface area (Å²) in [6, 6.07) is 7.48. The molecular weight excluding hydrogens is 360 g/mol. The van der Waals surface area contributed by atoms with Crippen LogP contribution in [0.1, 0.15) is 34.9 Å². The number of rotatable bonds is 8. The lowest BCUT2D eigenvalue weighted by atomic mass is 10.1. The number of nitrogens with one attached hydrogen (secondary N) is 1. The highest BCUT2D eigenvalue weighted by Gasteiger charge is 2.22. The summed E-state index contributed by atoms with van der Waals surface area (Å²) in [5.74, 6) is 1.10. The van der Waals surface area contributed by atoms with E-state index in [1.807, 2.05) is 23.0 Å². The van der Waals surface area contributed by atoms with E-state index < -0.39 is 0 Å². The van der Waals surface area contributed by atoms with Crippen LogP contribution in [0.15, 0.2) is 30.5 Å². The Morgan fingerprint density at radius 1 is 1.36 bits per heavy atom. The summed E-state index contributed by atoms with van der Waals surface area (Å²) < 4.78 is 12.5. The first-order valence-corrected chi connectivity index (χ1v) is 9.53. The maximum absolute atomic E-state index is 13.0. The number of carbonyl (C=O) groups is 1. The molecule has 1 amide bonds. The lowest BCUT2D eigenvalue weighted by molar-refractivity contribution is 0.0699. The van der Waals surface area contributed by atoms with Crippen LogP contribution in [-0.4, -0.2) is 66.2 Å². The van der Waals surface area contributed by atoms with Gasteiger partial charge in [0.25, 0.3) is 5.91 Å². The third-order valence-electron chi connectivity index (χ3n) is 4.99. The molecule has 8 nitrogen and oxygen atoms in total. The van der Waals surface area contributed by atoms with Gasteiger partial charge in [0.2, 0.25) is 0 Å². The van der Waals surface area contributed by atoms with Crippen molar-refractivity contribution in [2.24, 2.45) is 0 Å². The smallest absolute Gasteiger partial charge is 0.274 e. The molecule has 0 saturated carbocycles. The van der Waals surface area contributed by atoms with Gasteiger partial charge in [0, 0.05) is 37.5 Å². The molecule has 28 heavy (non-hydrogen) atoms. The van der Waals surface area contributed by atoms with Gasteiger partial charge in [-0.25, -0.2) is 0 Å². The van der Waals surface area contributed by atoms with E-state index in [4.69, 9.17) is 9.47 Å². The molecule has 1 fully saturated rings. The van der Waals surface area contributed by atoms with E-state index in [9.17, 15) is 9.90 Å². The van der Waals surface area contributed by atoms with Crippen molar-refractivity contribution in [2.75, 3.05) is 40.5 Å². The predicted octanol–water partition coefficient (Wildman–Crippen LogP) is 1.46. The van der Waals surface area contributed by atoms with Crippen molar-refractivity contribution < 1.29 is 19.4 Å². The van der Waals surface area contributed by atoms with E-state index >= 15 is 0 Å². The molecule has 0 aliphatic carbocycles. The first-order chi connectivity index (χ1) is 13.7. The second-order valence-corrected chi connectivity index (χ2v) is 6.81. The molecule has 152 valence electrons. The number of methoxy groups -OCH3 is 2. The van der Waals surface area contributed by atoms with Crippen molar-refractivity contribution in [1.29, 1.82) is 0 Å². The van der Waals surface area contributed by atoms with Crippen LogP contribution in [0.4, 0.5) is 0 Å². The lowest BCUT2D eigenvalue weighted by Crippen LogP contribution is -2.34. The summed E-state index contributed by atoms with van der Waals surface area (Å²) in [6.45, 7) is 2.28. The molecule has 1 aliphatic heterocycles. The Hall–Kier alpha value is -2.58. The summed E-state index contributed by atoms with van der Waals surface area (Å²) in [4.78, 5) is 14.6. The number of aromatic nitrogens is 2.